The number of nitrogens with zero attached hydrogens (tertiary/aromatic N) is 1. The normalized spacial score (nSPS) is 22.4. The van der Waals surface area contributed by atoms with Gasteiger partial charge in [0.15, 0.2) is 5.58 Å². The van der Waals surface area contributed by atoms with Crippen LogP contribution in [0, 0.1) is 0 Å². The minimum atomic E-state index is -3.43. The van der Waals surface area contributed by atoms with Crippen LogP contribution in [0.3, 0.4) is 0 Å². The first kappa shape index (κ1) is 17.2. The van der Waals surface area contributed by atoms with Gasteiger partial charge in [-0.15, -0.1) is 12.4 Å². The van der Waals surface area contributed by atoms with Crippen molar-refractivity contribution in [1.82, 2.24) is 9.88 Å². The highest BCUT2D eigenvalue weighted by Gasteiger charge is 2.24. The van der Waals surface area contributed by atoms with Crippen molar-refractivity contribution in [3.8, 4) is 0 Å². The van der Waals surface area contributed by atoms with Crippen molar-refractivity contribution in [3.05, 3.63) is 30.0 Å². The molecular weight excluding hydrogens is 326 g/mol. The van der Waals surface area contributed by atoms with Gasteiger partial charge in [-0.2, -0.15) is 0 Å². The van der Waals surface area contributed by atoms with Crippen LogP contribution < -0.4 is 10.5 Å². The molecule has 0 amide bonds. The molecule has 1 fully saturated rings. The molecule has 8 heteroatoms. The Balaban J connectivity index is 0.00000176. The summed E-state index contributed by atoms with van der Waals surface area (Å²) in [4.78, 5) is 0. The summed E-state index contributed by atoms with van der Waals surface area (Å²) in [7, 11) is -3.43. The van der Waals surface area contributed by atoms with Gasteiger partial charge >= 0.3 is 0 Å². The Morgan fingerprint density at radius 1 is 1.23 bits per heavy atom. The standard InChI is InChI=1S/C14H19N3O3S.ClH/c15-10-5-7-11(8-6-10)17-21(18,19)9-13-12-3-1-2-4-14(12)20-16-13;/h1-4,10-11,17H,5-9,15H2;1H. The van der Waals surface area contributed by atoms with Crippen LogP contribution in [-0.4, -0.2) is 25.7 Å². The minimum absolute atomic E-state index is 0. The van der Waals surface area contributed by atoms with Gasteiger partial charge in [-0.1, -0.05) is 17.3 Å². The van der Waals surface area contributed by atoms with Gasteiger partial charge in [0.2, 0.25) is 10.0 Å². The van der Waals surface area contributed by atoms with E-state index in [-0.39, 0.29) is 30.2 Å². The molecule has 1 aliphatic rings. The van der Waals surface area contributed by atoms with Gasteiger partial charge < -0.3 is 10.3 Å². The number of aromatic nitrogens is 1. The molecule has 3 N–H and O–H groups in total. The Morgan fingerprint density at radius 2 is 1.91 bits per heavy atom. The van der Waals surface area contributed by atoms with Crippen molar-refractivity contribution in [2.24, 2.45) is 5.73 Å². The van der Waals surface area contributed by atoms with Crippen molar-refractivity contribution < 1.29 is 12.9 Å². The summed E-state index contributed by atoms with van der Waals surface area (Å²) in [6, 6.07) is 7.43. The Kier molecular flexibility index (Phi) is 5.44. The number of sulfonamides is 1. The largest absolute Gasteiger partial charge is 0.356 e. The number of para-hydroxylation sites is 1. The van der Waals surface area contributed by atoms with E-state index in [1.165, 1.54) is 0 Å². The molecule has 2 aromatic rings. The number of fused-ring (bicyclic) bond motifs is 1. The summed E-state index contributed by atoms with van der Waals surface area (Å²) < 4.78 is 32.4. The quantitative estimate of drug-likeness (QED) is 0.882. The number of hydrogen-bond donors (Lipinski definition) is 2. The van der Waals surface area contributed by atoms with Gasteiger partial charge in [0.25, 0.3) is 0 Å². The van der Waals surface area contributed by atoms with E-state index in [0.717, 1.165) is 31.1 Å². The molecule has 0 unspecified atom stereocenters. The second kappa shape index (κ2) is 6.95. The number of benzene rings is 1. The molecule has 1 heterocycles. The Morgan fingerprint density at radius 3 is 2.64 bits per heavy atom. The third-order valence-electron chi connectivity index (χ3n) is 3.90. The highest BCUT2D eigenvalue weighted by atomic mass is 35.5. The van der Waals surface area contributed by atoms with Crippen molar-refractivity contribution in [3.63, 3.8) is 0 Å². The lowest BCUT2D eigenvalue weighted by Crippen LogP contribution is -2.40. The molecule has 3 rings (SSSR count). The van der Waals surface area contributed by atoms with Crippen LogP contribution in [-0.2, 0) is 15.8 Å². The van der Waals surface area contributed by atoms with E-state index in [2.05, 4.69) is 9.88 Å². The van der Waals surface area contributed by atoms with E-state index in [0.29, 0.717) is 11.3 Å². The summed E-state index contributed by atoms with van der Waals surface area (Å²) in [5.74, 6) is -0.160. The molecule has 122 valence electrons. The Labute approximate surface area is 135 Å². The zero-order valence-electron chi connectivity index (χ0n) is 12.1. The van der Waals surface area contributed by atoms with E-state index >= 15 is 0 Å². The molecule has 1 aromatic heterocycles. The van der Waals surface area contributed by atoms with Gasteiger partial charge in [-0.3, -0.25) is 0 Å². The molecular formula is C14H20ClN3O3S. The van der Waals surface area contributed by atoms with Gasteiger partial charge in [0.05, 0.1) is 0 Å². The van der Waals surface area contributed by atoms with Crippen LogP contribution in [0.5, 0.6) is 0 Å². The predicted octanol–water partition coefficient (Wildman–Crippen LogP) is 1.94. The van der Waals surface area contributed by atoms with Gasteiger partial charge in [0.1, 0.15) is 11.4 Å². The SMILES string of the molecule is Cl.NC1CCC(NS(=O)(=O)Cc2noc3ccccc23)CC1. The number of halogens is 1. The topological polar surface area (TPSA) is 98.2 Å². The maximum atomic E-state index is 12.3. The third kappa shape index (κ3) is 3.98. The van der Waals surface area contributed by atoms with E-state index in [1.54, 1.807) is 6.07 Å². The molecule has 0 aliphatic heterocycles. The zero-order chi connectivity index (χ0) is 14.9. The summed E-state index contributed by atoms with van der Waals surface area (Å²) in [6.07, 6.45) is 3.31. The van der Waals surface area contributed by atoms with Gasteiger partial charge in [-0.25, -0.2) is 13.1 Å². The molecule has 0 atom stereocenters. The summed E-state index contributed by atoms with van der Waals surface area (Å²) in [5.41, 5.74) is 6.89. The number of hydrogen-bond acceptors (Lipinski definition) is 5. The fourth-order valence-corrected chi connectivity index (χ4v) is 4.15. The fourth-order valence-electron chi connectivity index (χ4n) is 2.75. The molecule has 0 saturated heterocycles. The Hall–Kier alpha value is -1.15. The van der Waals surface area contributed by atoms with Gasteiger partial charge in [0, 0.05) is 17.5 Å². The number of rotatable bonds is 4. The van der Waals surface area contributed by atoms with Crippen LogP contribution in [0.4, 0.5) is 0 Å². The molecule has 22 heavy (non-hydrogen) atoms. The monoisotopic (exact) mass is 345 g/mol. The lowest BCUT2D eigenvalue weighted by molar-refractivity contribution is 0.373. The van der Waals surface area contributed by atoms with E-state index in [4.69, 9.17) is 10.3 Å². The van der Waals surface area contributed by atoms with Crippen LogP contribution in [0.15, 0.2) is 28.8 Å². The number of nitrogens with two attached hydrogens (primary N) is 1. The van der Waals surface area contributed by atoms with Crippen LogP contribution in [0.1, 0.15) is 31.4 Å². The van der Waals surface area contributed by atoms with Crippen LogP contribution >= 0.6 is 12.4 Å². The molecule has 0 spiro atoms. The van der Waals surface area contributed by atoms with E-state index < -0.39 is 10.0 Å². The second-order valence-electron chi connectivity index (χ2n) is 5.61. The van der Waals surface area contributed by atoms with Crippen LogP contribution in [0.2, 0.25) is 0 Å². The van der Waals surface area contributed by atoms with Crippen LogP contribution in [0.25, 0.3) is 11.0 Å². The Bertz CT molecular complexity index is 724. The van der Waals surface area contributed by atoms with Crippen molar-refractivity contribution in [1.29, 1.82) is 0 Å². The lowest BCUT2D eigenvalue weighted by Gasteiger charge is -2.26. The first-order chi connectivity index (χ1) is 10.0. The third-order valence-corrected chi connectivity index (χ3v) is 5.24. The molecule has 1 saturated carbocycles. The first-order valence-electron chi connectivity index (χ1n) is 7.12. The summed E-state index contributed by atoms with van der Waals surface area (Å²) >= 11 is 0. The average molecular weight is 346 g/mol. The van der Waals surface area contributed by atoms with Crippen molar-refractivity contribution in [2.45, 2.75) is 43.5 Å². The highest BCUT2D eigenvalue weighted by Crippen LogP contribution is 2.21. The highest BCUT2D eigenvalue weighted by molar-refractivity contribution is 7.88. The molecule has 1 aromatic carbocycles. The van der Waals surface area contributed by atoms with Gasteiger partial charge in [-0.05, 0) is 37.8 Å². The maximum absolute atomic E-state index is 12.3. The minimum Gasteiger partial charge on any atom is -0.356 e. The summed E-state index contributed by atoms with van der Waals surface area (Å²) in [5, 5.41) is 4.62. The fraction of sp³-hybridized carbons (Fsp3) is 0.500. The first-order valence-corrected chi connectivity index (χ1v) is 8.77. The molecule has 0 radical (unpaired) electrons. The zero-order valence-corrected chi connectivity index (χ0v) is 13.7. The van der Waals surface area contributed by atoms with Crippen molar-refractivity contribution >= 4 is 33.4 Å². The number of nitrogens with one attached hydrogen (secondary N) is 1. The van der Waals surface area contributed by atoms with E-state index in [9.17, 15) is 8.42 Å². The lowest BCUT2D eigenvalue weighted by atomic mass is 9.93. The maximum Gasteiger partial charge on any atom is 0.217 e. The second-order valence-corrected chi connectivity index (χ2v) is 7.37. The smallest absolute Gasteiger partial charge is 0.217 e. The molecule has 0 bridgehead atoms. The summed E-state index contributed by atoms with van der Waals surface area (Å²) in [6.45, 7) is 0. The predicted molar refractivity (Wildman–Crippen MR) is 87.2 cm³/mol. The molecule has 1 aliphatic carbocycles. The average Bonchev–Trinajstić information content (AvgIpc) is 2.84. The van der Waals surface area contributed by atoms with E-state index in [1.807, 2.05) is 18.2 Å². The molecule has 6 nitrogen and oxygen atoms in total. The van der Waals surface area contributed by atoms with Crippen molar-refractivity contribution in [2.75, 3.05) is 0 Å².